The van der Waals surface area contributed by atoms with Crippen molar-refractivity contribution in [3.8, 4) is 11.5 Å². The van der Waals surface area contributed by atoms with Crippen LogP contribution in [0.4, 0.5) is 17.5 Å². The van der Waals surface area contributed by atoms with Crippen LogP contribution in [-0.4, -0.2) is 56.8 Å². The lowest BCUT2D eigenvalue weighted by Gasteiger charge is -2.21. The van der Waals surface area contributed by atoms with Crippen molar-refractivity contribution in [1.29, 1.82) is 0 Å². The number of nitrogens with one attached hydrogen (secondary N) is 1. The molecule has 0 radical (unpaired) electrons. The lowest BCUT2D eigenvalue weighted by molar-refractivity contribution is -0.118. The highest BCUT2D eigenvalue weighted by Gasteiger charge is 2.18. The van der Waals surface area contributed by atoms with Gasteiger partial charge in [-0.3, -0.25) is 4.79 Å². The summed E-state index contributed by atoms with van der Waals surface area (Å²) < 4.78 is 10.6. The fourth-order valence-electron chi connectivity index (χ4n) is 2.87. The summed E-state index contributed by atoms with van der Waals surface area (Å²) in [6.45, 7) is 1.83. The second-order valence-corrected chi connectivity index (χ2v) is 6.51. The van der Waals surface area contributed by atoms with E-state index in [-0.39, 0.29) is 12.5 Å². The van der Waals surface area contributed by atoms with Gasteiger partial charge in [-0.15, -0.1) is 0 Å². The van der Waals surface area contributed by atoms with Crippen LogP contribution in [0.3, 0.4) is 0 Å². The van der Waals surface area contributed by atoms with Gasteiger partial charge in [-0.05, 0) is 37.1 Å². The lowest BCUT2D eigenvalue weighted by atomic mass is 10.3. The number of nitrogens with zero attached hydrogens (tertiary/aromatic N) is 4. The molecule has 1 aromatic carbocycles. The largest absolute Gasteiger partial charge is 0.497 e. The highest BCUT2D eigenvalue weighted by Crippen LogP contribution is 2.25. The normalized spacial score (nSPS) is 13.4. The molecule has 1 fully saturated rings. The van der Waals surface area contributed by atoms with Gasteiger partial charge in [-0.25, -0.2) is 4.98 Å². The van der Waals surface area contributed by atoms with E-state index in [4.69, 9.17) is 9.47 Å². The number of aromatic nitrogens is 2. The molecule has 1 saturated heterocycles. The van der Waals surface area contributed by atoms with Gasteiger partial charge >= 0.3 is 0 Å². The monoisotopic (exact) mass is 371 g/mol. The minimum Gasteiger partial charge on any atom is -0.497 e. The van der Waals surface area contributed by atoms with Crippen molar-refractivity contribution in [2.24, 2.45) is 0 Å². The third kappa shape index (κ3) is 4.78. The summed E-state index contributed by atoms with van der Waals surface area (Å²) >= 11 is 0. The summed E-state index contributed by atoms with van der Waals surface area (Å²) in [5, 5.41) is 2.83. The van der Waals surface area contributed by atoms with Crippen LogP contribution in [0.5, 0.6) is 11.5 Å². The third-order valence-corrected chi connectivity index (χ3v) is 4.27. The molecule has 1 amide bonds. The second-order valence-electron chi connectivity index (χ2n) is 6.51. The second kappa shape index (κ2) is 8.57. The minimum absolute atomic E-state index is 0.104. The van der Waals surface area contributed by atoms with Crippen molar-refractivity contribution >= 4 is 23.4 Å². The molecule has 144 valence electrons. The topological polar surface area (TPSA) is 79.8 Å². The van der Waals surface area contributed by atoms with E-state index in [1.807, 2.05) is 19.0 Å². The molecule has 1 aromatic heterocycles. The van der Waals surface area contributed by atoms with Crippen LogP contribution in [-0.2, 0) is 4.79 Å². The molecule has 0 aliphatic carbocycles. The van der Waals surface area contributed by atoms with Crippen molar-refractivity contribution in [3.05, 3.63) is 30.5 Å². The molecule has 0 saturated carbocycles. The fraction of sp³-hybridized carbons (Fsp3) is 0.421. The molecule has 1 N–H and O–H groups in total. The van der Waals surface area contributed by atoms with Crippen molar-refractivity contribution in [2.75, 3.05) is 56.0 Å². The molecule has 3 rings (SSSR count). The number of amides is 1. The van der Waals surface area contributed by atoms with Gasteiger partial charge in [0.2, 0.25) is 5.95 Å². The molecule has 8 heteroatoms. The van der Waals surface area contributed by atoms with Gasteiger partial charge in [0.15, 0.2) is 12.4 Å². The summed E-state index contributed by atoms with van der Waals surface area (Å²) in [6.07, 6.45) is 3.96. The van der Waals surface area contributed by atoms with Crippen LogP contribution in [0.2, 0.25) is 0 Å². The van der Waals surface area contributed by atoms with Crippen LogP contribution >= 0.6 is 0 Å². The van der Waals surface area contributed by atoms with Crippen molar-refractivity contribution in [1.82, 2.24) is 9.97 Å². The number of carbonyl (C=O) groups excluding carboxylic acids is 1. The summed E-state index contributed by atoms with van der Waals surface area (Å²) in [4.78, 5) is 25.3. The smallest absolute Gasteiger partial charge is 0.262 e. The Hall–Kier alpha value is -3.03. The number of ether oxygens (including phenoxy) is 2. The first-order valence-electron chi connectivity index (χ1n) is 8.93. The van der Waals surface area contributed by atoms with E-state index in [2.05, 4.69) is 20.2 Å². The highest BCUT2D eigenvalue weighted by atomic mass is 16.5. The first-order chi connectivity index (χ1) is 13.1. The van der Waals surface area contributed by atoms with E-state index in [0.29, 0.717) is 23.2 Å². The average molecular weight is 371 g/mol. The number of benzene rings is 1. The summed E-state index contributed by atoms with van der Waals surface area (Å²) in [6, 6.07) is 7.07. The molecule has 0 spiro atoms. The van der Waals surface area contributed by atoms with Gasteiger partial charge < -0.3 is 24.6 Å². The fourth-order valence-corrected chi connectivity index (χ4v) is 2.87. The van der Waals surface area contributed by atoms with E-state index in [9.17, 15) is 4.79 Å². The maximum atomic E-state index is 12.3. The van der Waals surface area contributed by atoms with Crippen molar-refractivity contribution in [3.63, 3.8) is 0 Å². The Morgan fingerprint density at radius 2 is 1.85 bits per heavy atom. The Morgan fingerprint density at radius 1 is 1.19 bits per heavy atom. The van der Waals surface area contributed by atoms with Crippen LogP contribution in [0.15, 0.2) is 30.5 Å². The van der Waals surface area contributed by atoms with Gasteiger partial charge in [-0.2, -0.15) is 4.98 Å². The van der Waals surface area contributed by atoms with E-state index in [1.165, 1.54) is 0 Å². The van der Waals surface area contributed by atoms with E-state index in [1.54, 1.807) is 37.6 Å². The summed E-state index contributed by atoms with van der Waals surface area (Å²) in [5.74, 6) is 2.43. The van der Waals surface area contributed by atoms with Gasteiger partial charge in [0.25, 0.3) is 5.91 Å². The lowest BCUT2D eigenvalue weighted by Crippen LogP contribution is -2.25. The van der Waals surface area contributed by atoms with E-state index in [0.717, 1.165) is 31.7 Å². The number of hydrogen-bond donors (Lipinski definition) is 1. The maximum absolute atomic E-state index is 12.3. The summed E-state index contributed by atoms with van der Waals surface area (Å²) in [5.41, 5.74) is 0.561. The quantitative estimate of drug-likeness (QED) is 0.799. The zero-order chi connectivity index (χ0) is 19.2. The SMILES string of the molecule is COc1ccc(OCC(=O)Nc2cnc(N3CCCC3)nc2N(C)C)cc1. The molecule has 8 nitrogen and oxygen atoms in total. The molecule has 2 aromatic rings. The first kappa shape index (κ1) is 18.8. The number of methoxy groups -OCH3 is 1. The Kier molecular flexibility index (Phi) is 5.95. The molecule has 1 aliphatic rings. The predicted molar refractivity (Wildman–Crippen MR) is 105 cm³/mol. The minimum atomic E-state index is -0.272. The van der Waals surface area contributed by atoms with Gasteiger partial charge in [0.1, 0.15) is 17.2 Å². The van der Waals surface area contributed by atoms with Crippen LogP contribution in [0.25, 0.3) is 0 Å². The van der Waals surface area contributed by atoms with Crippen LogP contribution in [0.1, 0.15) is 12.8 Å². The molecule has 0 bridgehead atoms. The number of rotatable bonds is 7. The van der Waals surface area contributed by atoms with Crippen molar-refractivity contribution < 1.29 is 14.3 Å². The molecular weight excluding hydrogens is 346 g/mol. The molecule has 27 heavy (non-hydrogen) atoms. The first-order valence-corrected chi connectivity index (χ1v) is 8.93. The molecule has 0 atom stereocenters. The Bertz CT molecular complexity index is 773. The van der Waals surface area contributed by atoms with E-state index >= 15 is 0 Å². The standard InChI is InChI=1S/C19H25N5O3/c1-23(2)18-16(12-20-19(22-18)24-10-4-5-11-24)21-17(25)13-27-15-8-6-14(26-3)7-9-15/h6-9,12H,4-5,10-11,13H2,1-3H3,(H,21,25). The number of anilines is 3. The summed E-state index contributed by atoms with van der Waals surface area (Å²) in [7, 11) is 5.38. The molecule has 0 unspecified atom stereocenters. The van der Waals surface area contributed by atoms with Gasteiger partial charge in [0.05, 0.1) is 13.3 Å². The maximum Gasteiger partial charge on any atom is 0.262 e. The van der Waals surface area contributed by atoms with Crippen molar-refractivity contribution in [2.45, 2.75) is 12.8 Å². The van der Waals surface area contributed by atoms with Crippen LogP contribution in [0, 0.1) is 0 Å². The third-order valence-electron chi connectivity index (χ3n) is 4.27. The Morgan fingerprint density at radius 3 is 2.48 bits per heavy atom. The zero-order valence-electron chi connectivity index (χ0n) is 15.9. The number of hydrogen-bond acceptors (Lipinski definition) is 7. The van der Waals surface area contributed by atoms with E-state index < -0.39 is 0 Å². The Balaban J connectivity index is 1.63. The molecule has 1 aliphatic heterocycles. The van der Waals surface area contributed by atoms with Gasteiger partial charge in [-0.1, -0.05) is 0 Å². The molecule has 2 heterocycles. The molecular formula is C19H25N5O3. The zero-order valence-corrected chi connectivity index (χ0v) is 15.9. The Labute approximate surface area is 159 Å². The average Bonchev–Trinajstić information content (AvgIpc) is 3.21. The predicted octanol–water partition coefficient (Wildman–Crippen LogP) is 2.17. The van der Waals surface area contributed by atoms with Gasteiger partial charge in [0, 0.05) is 27.2 Å². The number of carbonyl (C=O) groups is 1. The van der Waals surface area contributed by atoms with Crippen LogP contribution < -0.4 is 24.6 Å². The highest BCUT2D eigenvalue weighted by molar-refractivity contribution is 5.94.